The highest BCUT2D eigenvalue weighted by atomic mass is 79.9. The number of carbonyl (C=O) groups excluding carboxylic acids is 2. The summed E-state index contributed by atoms with van der Waals surface area (Å²) in [4.78, 5) is 28.8. The normalized spacial score (nSPS) is 13.9. The molecule has 1 saturated heterocycles. The molecule has 1 heterocycles. The molecule has 10 heteroatoms. The van der Waals surface area contributed by atoms with Crippen molar-refractivity contribution in [2.45, 2.75) is 38.9 Å². The fourth-order valence-electron chi connectivity index (χ4n) is 4.04. The van der Waals surface area contributed by atoms with E-state index in [-0.39, 0.29) is 11.8 Å². The monoisotopic (exact) mass is 673 g/mol. The standard InChI is InChI=1S/C30H33Br2N3O5/c1-29(2,39-23-10-5-20(31)6-11-23)27(36)33-22-9-14-26(35-15-17-38-18-16-35)25(19-22)34-28(37)30(3,4)40-24-12-7-21(32)8-13-24/h5-14,19H,15-18H2,1-4H3,(H,33,36)(H,34,37). The zero-order valence-corrected chi connectivity index (χ0v) is 26.1. The summed E-state index contributed by atoms with van der Waals surface area (Å²) in [6.45, 7) is 9.38. The van der Waals surface area contributed by atoms with E-state index < -0.39 is 11.2 Å². The lowest BCUT2D eigenvalue weighted by Crippen LogP contribution is -2.43. The van der Waals surface area contributed by atoms with E-state index in [2.05, 4.69) is 47.4 Å². The maximum atomic E-state index is 13.5. The molecule has 8 nitrogen and oxygen atoms in total. The second-order valence-electron chi connectivity index (χ2n) is 10.4. The number of morpholine rings is 1. The van der Waals surface area contributed by atoms with Crippen LogP contribution in [0.15, 0.2) is 75.7 Å². The number of nitrogens with one attached hydrogen (secondary N) is 2. The molecule has 0 saturated carbocycles. The number of ether oxygens (including phenoxy) is 3. The Labute approximate surface area is 251 Å². The molecular formula is C30H33Br2N3O5. The fourth-order valence-corrected chi connectivity index (χ4v) is 4.56. The number of hydrogen-bond acceptors (Lipinski definition) is 6. The summed E-state index contributed by atoms with van der Waals surface area (Å²) in [6.07, 6.45) is 0. The van der Waals surface area contributed by atoms with Crippen LogP contribution in [0.25, 0.3) is 0 Å². The number of halogens is 2. The van der Waals surface area contributed by atoms with Crippen molar-refractivity contribution >= 4 is 60.7 Å². The van der Waals surface area contributed by atoms with Crippen molar-refractivity contribution in [1.29, 1.82) is 0 Å². The van der Waals surface area contributed by atoms with E-state index in [1.165, 1.54) is 0 Å². The van der Waals surface area contributed by atoms with Gasteiger partial charge in [0.2, 0.25) is 0 Å². The van der Waals surface area contributed by atoms with Crippen molar-refractivity contribution < 1.29 is 23.8 Å². The Kier molecular flexibility index (Phi) is 9.43. The summed E-state index contributed by atoms with van der Waals surface area (Å²) < 4.78 is 19.3. The first-order chi connectivity index (χ1) is 18.9. The summed E-state index contributed by atoms with van der Waals surface area (Å²) in [7, 11) is 0. The second kappa shape index (κ2) is 12.6. The third-order valence-electron chi connectivity index (χ3n) is 6.32. The van der Waals surface area contributed by atoms with Crippen LogP contribution in [0.4, 0.5) is 17.1 Å². The topological polar surface area (TPSA) is 89.1 Å². The quantitative estimate of drug-likeness (QED) is 0.265. The summed E-state index contributed by atoms with van der Waals surface area (Å²) in [5, 5.41) is 5.97. The molecule has 3 aromatic carbocycles. The number of carbonyl (C=O) groups is 2. The molecule has 40 heavy (non-hydrogen) atoms. The molecule has 0 spiro atoms. The van der Waals surface area contributed by atoms with Gasteiger partial charge < -0.3 is 29.7 Å². The van der Waals surface area contributed by atoms with Gasteiger partial charge >= 0.3 is 0 Å². The van der Waals surface area contributed by atoms with E-state index >= 15 is 0 Å². The molecule has 0 aromatic heterocycles. The van der Waals surface area contributed by atoms with Gasteiger partial charge in [0, 0.05) is 27.7 Å². The summed E-state index contributed by atoms with van der Waals surface area (Å²) >= 11 is 6.81. The maximum Gasteiger partial charge on any atom is 0.268 e. The molecule has 0 radical (unpaired) electrons. The molecular weight excluding hydrogens is 642 g/mol. The number of anilines is 3. The van der Waals surface area contributed by atoms with Gasteiger partial charge in [0.1, 0.15) is 11.5 Å². The SMILES string of the molecule is CC(C)(Oc1ccc(Br)cc1)C(=O)Nc1ccc(N2CCOCC2)c(NC(=O)C(C)(C)Oc2ccc(Br)cc2)c1. The Morgan fingerprint density at radius 2 is 1.23 bits per heavy atom. The number of hydrogen-bond donors (Lipinski definition) is 2. The van der Waals surface area contributed by atoms with Crippen molar-refractivity contribution in [3.8, 4) is 11.5 Å². The van der Waals surface area contributed by atoms with Crippen LogP contribution in [0.2, 0.25) is 0 Å². The fraction of sp³-hybridized carbons (Fsp3) is 0.333. The number of benzene rings is 3. The molecule has 0 unspecified atom stereocenters. The van der Waals surface area contributed by atoms with Gasteiger partial charge in [-0.15, -0.1) is 0 Å². The first-order valence-electron chi connectivity index (χ1n) is 12.9. The van der Waals surface area contributed by atoms with Crippen LogP contribution in [-0.2, 0) is 14.3 Å². The Balaban J connectivity index is 1.54. The van der Waals surface area contributed by atoms with Crippen LogP contribution < -0.4 is 25.0 Å². The highest BCUT2D eigenvalue weighted by molar-refractivity contribution is 9.10. The molecule has 212 valence electrons. The second-order valence-corrected chi connectivity index (χ2v) is 12.2. The van der Waals surface area contributed by atoms with Gasteiger partial charge in [0.25, 0.3) is 11.8 Å². The van der Waals surface area contributed by atoms with Gasteiger partial charge in [0.05, 0.1) is 24.6 Å². The summed E-state index contributed by atoms with van der Waals surface area (Å²) in [5.41, 5.74) is -0.407. The molecule has 2 N–H and O–H groups in total. The van der Waals surface area contributed by atoms with Crippen LogP contribution >= 0.6 is 31.9 Å². The lowest BCUT2D eigenvalue weighted by Gasteiger charge is -2.32. The van der Waals surface area contributed by atoms with E-state index in [0.717, 1.165) is 14.6 Å². The smallest absolute Gasteiger partial charge is 0.268 e. The number of nitrogens with zero attached hydrogens (tertiary/aromatic N) is 1. The minimum absolute atomic E-state index is 0.327. The summed E-state index contributed by atoms with van der Waals surface area (Å²) in [6, 6.07) is 20.1. The first-order valence-corrected chi connectivity index (χ1v) is 14.5. The molecule has 0 atom stereocenters. The maximum absolute atomic E-state index is 13.5. The average molecular weight is 675 g/mol. The highest BCUT2D eigenvalue weighted by Crippen LogP contribution is 2.32. The van der Waals surface area contributed by atoms with Gasteiger partial charge in [-0.3, -0.25) is 9.59 Å². The van der Waals surface area contributed by atoms with Gasteiger partial charge in [-0.1, -0.05) is 31.9 Å². The lowest BCUT2D eigenvalue weighted by atomic mass is 10.1. The van der Waals surface area contributed by atoms with Gasteiger partial charge in [-0.05, 0) is 94.4 Å². The van der Waals surface area contributed by atoms with Crippen LogP contribution in [0.5, 0.6) is 11.5 Å². The zero-order valence-electron chi connectivity index (χ0n) is 22.9. The average Bonchev–Trinajstić information content (AvgIpc) is 2.91. The molecule has 2 amide bonds. The molecule has 1 aliphatic rings. The molecule has 1 aliphatic heterocycles. The van der Waals surface area contributed by atoms with Gasteiger partial charge in [-0.2, -0.15) is 0 Å². The largest absolute Gasteiger partial charge is 0.478 e. The Bertz CT molecular complexity index is 1340. The minimum Gasteiger partial charge on any atom is -0.478 e. The first kappa shape index (κ1) is 29.9. The van der Waals surface area contributed by atoms with Crippen LogP contribution in [-0.4, -0.2) is 49.3 Å². The third kappa shape index (κ3) is 7.77. The van der Waals surface area contributed by atoms with E-state index in [1.54, 1.807) is 58.0 Å². The lowest BCUT2D eigenvalue weighted by molar-refractivity contribution is -0.129. The van der Waals surface area contributed by atoms with Crippen molar-refractivity contribution in [2.24, 2.45) is 0 Å². The molecule has 0 bridgehead atoms. The Hall–Kier alpha value is -3.08. The van der Waals surface area contributed by atoms with Gasteiger partial charge in [-0.25, -0.2) is 0 Å². The van der Waals surface area contributed by atoms with E-state index in [4.69, 9.17) is 14.2 Å². The number of rotatable bonds is 9. The summed E-state index contributed by atoms with van der Waals surface area (Å²) in [5.74, 6) is 0.496. The molecule has 0 aliphatic carbocycles. The predicted molar refractivity (Wildman–Crippen MR) is 164 cm³/mol. The van der Waals surface area contributed by atoms with E-state index in [0.29, 0.717) is 49.2 Å². The van der Waals surface area contributed by atoms with Crippen molar-refractivity contribution in [3.63, 3.8) is 0 Å². The van der Waals surface area contributed by atoms with Crippen LogP contribution in [0.3, 0.4) is 0 Å². The minimum atomic E-state index is -1.17. The van der Waals surface area contributed by atoms with Crippen molar-refractivity contribution in [3.05, 3.63) is 75.7 Å². The predicted octanol–water partition coefficient (Wildman–Crippen LogP) is 6.64. The van der Waals surface area contributed by atoms with Crippen LogP contribution in [0.1, 0.15) is 27.7 Å². The Morgan fingerprint density at radius 1 is 0.750 bits per heavy atom. The zero-order chi connectivity index (χ0) is 28.9. The van der Waals surface area contributed by atoms with E-state index in [9.17, 15) is 9.59 Å². The van der Waals surface area contributed by atoms with Crippen molar-refractivity contribution in [1.82, 2.24) is 0 Å². The molecule has 4 rings (SSSR count). The van der Waals surface area contributed by atoms with E-state index in [1.807, 2.05) is 36.4 Å². The number of amides is 2. The highest BCUT2D eigenvalue weighted by Gasteiger charge is 2.33. The van der Waals surface area contributed by atoms with Gasteiger partial charge in [0.15, 0.2) is 11.2 Å². The molecule has 1 fully saturated rings. The third-order valence-corrected chi connectivity index (χ3v) is 7.38. The molecule has 3 aromatic rings. The van der Waals surface area contributed by atoms with Crippen LogP contribution in [0, 0.1) is 0 Å². The Morgan fingerprint density at radius 3 is 1.73 bits per heavy atom. The van der Waals surface area contributed by atoms with Crippen molar-refractivity contribution in [2.75, 3.05) is 41.8 Å².